The summed E-state index contributed by atoms with van der Waals surface area (Å²) in [7, 11) is 0. The first-order valence-electron chi connectivity index (χ1n) is 2.36. The van der Waals surface area contributed by atoms with Crippen molar-refractivity contribution in [2.24, 2.45) is 0 Å². The predicted octanol–water partition coefficient (Wildman–Crippen LogP) is 0.494. The van der Waals surface area contributed by atoms with Gasteiger partial charge in [0.2, 0.25) is 0 Å². The number of pyridine rings is 1. The third-order valence-electron chi connectivity index (χ3n) is 0.953. The zero-order valence-corrected chi connectivity index (χ0v) is 5.47. The molecule has 1 heterocycles. The van der Waals surface area contributed by atoms with Gasteiger partial charge in [-0.2, -0.15) is 4.73 Å². The van der Waals surface area contributed by atoms with Crippen molar-refractivity contribution in [1.29, 1.82) is 5.41 Å². The van der Waals surface area contributed by atoms with Gasteiger partial charge in [-0.3, -0.25) is 5.41 Å². The lowest BCUT2D eigenvalue weighted by Gasteiger charge is -1.95. The number of thiol groups is 1. The molecule has 0 aliphatic carbocycles. The topological polar surface area (TPSA) is 49.0 Å². The molecule has 0 spiro atoms. The molecule has 1 aromatic rings. The van der Waals surface area contributed by atoms with Crippen molar-refractivity contribution in [2.45, 2.75) is 4.90 Å². The second-order valence-corrected chi connectivity index (χ2v) is 2.07. The molecule has 0 aromatic carbocycles. The van der Waals surface area contributed by atoms with Crippen LogP contribution in [0.15, 0.2) is 23.2 Å². The van der Waals surface area contributed by atoms with Crippen LogP contribution in [0.25, 0.3) is 0 Å². The number of aromatic nitrogens is 1. The van der Waals surface area contributed by atoms with Crippen molar-refractivity contribution in [3.05, 3.63) is 23.8 Å². The van der Waals surface area contributed by atoms with Crippen LogP contribution in [-0.2, 0) is 0 Å². The van der Waals surface area contributed by atoms with Gasteiger partial charge in [0.25, 0.3) is 0 Å². The summed E-state index contributed by atoms with van der Waals surface area (Å²) >= 11 is 3.90. The maximum Gasteiger partial charge on any atom is 0.173 e. The Balaban J connectivity index is 3.43. The van der Waals surface area contributed by atoms with Crippen molar-refractivity contribution in [1.82, 2.24) is 4.73 Å². The van der Waals surface area contributed by atoms with E-state index in [9.17, 15) is 0 Å². The Morgan fingerprint density at radius 3 is 2.78 bits per heavy atom. The van der Waals surface area contributed by atoms with Crippen LogP contribution in [-0.4, -0.2) is 9.94 Å². The molecular weight excluding hydrogens is 136 g/mol. The van der Waals surface area contributed by atoms with Gasteiger partial charge < -0.3 is 5.21 Å². The molecule has 0 atom stereocenters. The standard InChI is InChI=1S/C5H6N2OS/c6-5-4(9)2-1-3-7(5)8/h1-3,6,8-9H. The Kier molecular flexibility index (Phi) is 1.48. The monoisotopic (exact) mass is 142 g/mol. The Morgan fingerprint density at radius 1 is 1.67 bits per heavy atom. The minimum Gasteiger partial charge on any atom is -0.427 e. The quantitative estimate of drug-likeness (QED) is 0.358. The third-order valence-corrected chi connectivity index (χ3v) is 1.31. The Hall–Kier alpha value is -0.900. The summed E-state index contributed by atoms with van der Waals surface area (Å²) in [4.78, 5) is 0.458. The minimum absolute atomic E-state index is 0.000772. The second kappa shape index (κ2) is 2.14. The van der Waals surface area contributed by atoms with Crippen LogP contribution in [0.3, 0.4) is 0 Å². The van der Waals surface area contributed by atoms with Gasteiger partial charge in [0.1, 0.15) is 0 Å². The van der Waals surface area contributed by atoms with E-state index >= 15 is 0 Å². The first-order valence-corrected chi connectivity index (χ1v) is 2.81. The van der Waals surface area contributed by atoms with Gasteiger partial charge in [-0.05, 0) is 12.1 Å². The number of hydrogen-bond acceptors (Lipinski definition) is 3. The summed E-state index contributed by atoms with van der Waals surface area (Å²) in [5.74, 6) is 0. The summed E-state index contributed by atoms with van der Waals surface area (Å²) < 4.78 is 0.711. The number of rotatable bonds is 0. The fourth-order valence-corrected chi connectivity index (χ4v) is 0.675. The van der Waals surface area contributed by atoms with E-state index in [0.717, 1.165) is 0 Å². The molecule has 0 unspecified atom stereocenters. The largest absolute Gasteiger partial charge is 0.427 e. The normalized spacial score (nSPS) is 9.44. The molecule has 0 aliphatic heterocycles. The van der Waals surface area contributed by atoms with Crippen molar-refractivity contribution >= 4 is 12.6 Å². The van der Waals surface area contributed by atoms with Gasteiger partial charge in [-0.1, -0.05) is 0 Å². The average molecular weight is 142 g/mol. The van der Waals surface area contributed by atoms with E-state index in [4.69, 9.17) is 10.6 Å². The summed E-state index contributed by atoms with van der Waals surface area (Å²) in [5.41, 5.74) is 0.000772. The first-order chi connectivity index (χ1) is 4.22. The predicted molar refractivity (Wildman–Crippen MR) is 34.7 cm³/mol. The van der Waals surface area contributed by atoms with Crippen LogP contribution in [0.4, 0.5) is 0 Å². The van der Waals surface area contributed by atoms with Crippen LogP contribution in [0, 0.1) is 5.41 Å². The fraction of sp³-hybridized carbons (Fsp3) is 0. The summed E-state index contributed by atoms with van der Waals surface area (Å²) in [5, 5.41) is 15.9. The smallest absolute Gasteiger partial charge is 0.173 e. The Bertz CT molecular complexity index is 245. The van der Waals surface area contributed by atoms with Gasteiger partial charge >= 0.3 is 0 Å². The average Bonchev–Trinajstić information content (AvgIpc) is 1.83. The highest BCUT2D eigenvalue weighted by Crippen LogP contribution is 1.93. The lowest BCUT2D eigenvalue weighted by Crippen LogP contribution is -2.16. The highest BCUT2D eigenvalue weighted by Gasteiger charge is 1.89. The maximum atomic E-state index is 8.78. The molecule has 0 saturated heterocycles. The Labute approximate surface area is 57.4 Å². The summed E-state index contributed by atoms with van der Waals surface area (Å²) in [6.45, 7) is 0. The second-order valence-electron chi connectivity index (χ2n) is 1.59. The van der Waals surface area contributed by atoms with Gasteiger partial charge in [-0.15, -0.1) is 12.6 Å². The zero-order chi connectivity index (χ0) is 6.85. The zero-order valence-electron chi connectivity index (χ0n) is 4.57. The highest BCUT2D eigenvalue weighted by atomic mass is 32.1. The van der Waals surface area contributed by atoms with Gasteiger partial charge in [0.15, 0.2) is 5.49 Å². The lowest BCUT2D eigenvalue weighted by molar-refractivity contribution is 0.167. The van der Waals surface area contributed by atoms with Crippen molar-refractivity contribution in [3.63, 3.8) is 0 Å². The summed E-state index contributed by atoms with van der Waals surface area (Å²) in [6, 6.07) is 3.25. The number of nitrogens with zero attached hydrogens (tertiary/aromatic N) is 1. The minimum atomic E-state index is 0.000772. The molecule has 0 saturated carbocycles. The van der Waals surface area contributed by atoms with Crippen LogP contribution in [0.5, 0.6) is 0 Å². The Morgan fingerprint density at radius 2 is 2.33 bits per heavy atom. The summed E-state index contributed by atoms with van der Waals surface area (Å²) in [6.07, 6.45) is 1.38. The molecule has 0 bridgehead atoms. The van der Waals surface area contributed by atoms with Gasteiger partial charge in [0.05, 0.1) is 0 Å². The van der Waals surface area contributed by atoms with Crippen LogP contribution in [0.2, 0.25) is 0 Å². The molecule has 9 heavy (non-hydrogen) atoms. The van der Waals surface area contributed by atoms with E-state index in [2.05, 4.69) is 12.6 Å². The fourth-order valence-electron chi connectivity index (χ4n) is 0.487. The molecule has 48 valence electrons. The molecule has 0 aliphatic rings. The van der Waals surface area contributed by atoms with E-state index in [1.54, 1.807) is 12.1 Å². The van der Waals surface area contributed by atoms with Crippen molar-refractivity contribution in [2.75, 3.05) is 0 Å². The van der Waals surface area contributed by atoms with Crippen LogP contribution < -0.4 is 5.49 Å². The third kappa shape index (κ3) is 1.08. The van der Waals surface area contributed by atoms with E-state index in [0.29, 0.717) is 9.63 Å². The van der Waals surface area contributed by atoms with E-state index < -0.39 is 0 Å². The molecular formula is C5H6N2OS. The van der Waals surface area contributed by atoms with E-state index in [1.165, 1.54) is 6.20 Å². The maximum absolute atomic E-state index is 8.78. The number of hydrogen-bond donors (Lipinski definition) is 3. The molecule has 1 rings (SSSR count). The molecule has 1 aromatic heterocycles. The van der Waals surface area contributed by atoms with Crippen LogP contribution >= 0.6 is 12.6 Å². The SMILES string of the molecule is N=c1c(S)cccn1O. The van der Waals surface area contributed by atoms with E-state index in [1.807, 2.05) is 0 Å². The van der Waals surface area contributed by atoms with Crippen molar-refractivity contribution in [3.8, 4) is 0 Å². The van der Waals surface area contributed by atoms with Crippen molar-refractivity contribution < 1.29 is 5.21 Å². The van der Waals surface area contributed by atoms with Gasteiger partial charge in [0, 0.05) is 11.1 Å². The lowest BCUT2D eigenvalue weighted by atomic mass is 10.5. The van der Waals surface area contributed by atoms with Crippen LogP contribution in [0.1, 0.15) is 0 Å². The number of nitrogens with one attached hydrogen (secondary N) is 1. The van der Waals surface area contributed by atoms with Gasteiger partial charge in [-0.25, -0.2) is 0 Å². The highest BCUT2D eigenvalue weighted by molar-refractivity contribution is 7.80. The van der Waals surface area contributed by atoms with E-state index in [-0.39, 0.29) is 5.49 Å². The molecule has 0 radical (unpaired) electrons. The first kappa shape index (κ1) is 6.22. The molecule has 4 heteroatoms. The molecule has 3 nitrogen and oxygen atoms in total. The molecule has 0 amide bonds. The molecule has 0 fully saturated rings. The molecule has 2 N–H and O–H groups in total.